The zero-order valence-corrected chi connectivity index (χ0v) is 20.2. The van der Waals surface area contributed by atoms with Crippen molar-refractivity contribution in [3.8, 4) is 0 Å². The Hall–Kier alpha value is -3.06. The molecule has 0 saturated carbocycles. The van der Waals surface area contributed by atoms with E-state index in [0.29, 0.717) is 11.3 Å². The van der Waals surface area contributed by atoms with E-state index in [1.165, 1.54) is 6.08 Å². The van der Waals surface area contributed by atoms with Crippen molar-refractivity contribution in [1.82, 2.24) is 4.98 Å². The van der Waals surface area contributed by atoms with Crippen LogP contribution in [0.15, 0.2) is 53.6 Å². The van der Waals surface area contributed by atoms with Gasteiger partial charge >= 0.3 is 11.9 Å². The highest BCUT2D eigenvalue weighted by atomic mass is 16.7. The number of ether oxygens (including phenoxy) is 3. The third-order valence-corrected chi connectivity index (χ3v) is 6.77. The number of esters is 1. The quantitative estimate of drug-likeness (QED) is 0.216. The van der Waals surface area contributed by atoms with Gasteiger partial charge in [0.15, 0.2) is 6.29 Å². The van der Waals surface area contributed by atoms with Gasteiger partial charge < -0.3 is 44.7 Å². The van der Waals surface area contributed by atoms with Crippen LogP contribution in [-0.4, -0.2) is 85.9 Å². The van der Waals surface area contributed by atoms with Crippen LogP contribution in [0.4, 0.5) is 0 Å². The number of para-hydroxylation sites is 1. The van der Waals surface area contributed by atoms with E-state index >= 15 is 0 Å². The van der Waals surface area contributed by atoms with Crippen molar-refractivity contribution in [2.75, 3.05) is 6.61 Å². The molecule has 7 atom stereocenters. The molecule has 2 aromatic rings. The minimum Gasteiger partial charge on any atom is -0.478 e. The largest absolute Gasteiger partial charge is 0.478 e. The van der Waals surface area contributed by atoms with Crippen molar-refractivity contribution in [3.05, 3.63) is 59.3 Å². The Morgan fingerprint density at radius 3 is 2.59 bits per heavy atom. The number of aromatic amines is 1. The summed E-state index contributed by atoms with van der Waals surface area (Å²) in [6.07, 6.45) is -5.17. The second-order valence-corrected chi connectivity index (χ2v) is 9.11. The number of carbonyl (C=O) groups excluding carboxylic acids is 1. The zero-order valence-electron chi connectivity index (χ0n) is 20.2. The van der Waals surface area contributed by atoms with Crippen LogP contribution in [0.5, 0.6) is 0 Å². The number of nitrogens with one attached hydrogen (secondary N) is 1. The van der Waals surface area contributed by atoms with Crippen LogP contribution in [-0.2, 0) is 30.4 Å². The van der Waals surface area contributed by atoms with Crippen molar-refractivity contribution < 1.29 is 49.3 Å². The predicted octanol–water partition coefficient (Wildman–Crippen LogP) is 0.763. The third kappa shape index (κ3) is 5.77. The van der Waals surface area contributed by atoms with E-state index in [1.807, 2.05) is 30.3 Å². The fourth-order valence-electron chi connectivity index (χ4n) is 4.84. The Morgan fingerprint density at radius 2 is 1.92 bits per heavy atom. The van der Waals surface area contributed by atoms with E-state index < -0.39 is 61.3 Å². The third-order valence-electron chi connectivity index (χ3n) is 6.77. The Balaban J connectivity index is 1.46. The summed E-state index contributed by atoms with van der Waals surface area (Å²) < 4.78 is 16.7. The summed E-state index contributed by atoms with van der Waals surface area (Å²) in [5, 5.41) is 50.6. The van der Waals surface area contributed by atoms with Gasteiger partial charge in [0, 0.05) is 17.0 Å². The number of H-pyrrole nitrogens is 1. The van der Waals surface area contributed by atoms with Crippen molar-refractivity contribution >= 4 is 22.8 Å². The molecule has 6 N–H and O–H groups in total. The van der Waals surface area contributed by atoms with Crippen LogP contribution in [0.3, 0.4) is 0 Å². The van der Waals surface area contributed by atoms with Gasteiger partial charge in [-0.2, -0.15) is 0 Å². The molecule has 1 aliphatic carbocycles. The number of rotatable bonds is 8. The highest BCUT2D eigenvalue weighted by molar-refractivity contribution is 5.89. The number of allylic oxidation sites excluding steroid dienone is 1. The van der Waals surface area contributed by atoms with Gasteiger partial charge in [0.1, 0.15) is 31.0 Å². The maximum Gasteiger partial charge on any atom is 0.331 e. The molecule has 0 bridgehead atoms. The number of aliphatic carboxylic acids is 1. The molecule has 1 aliphatic heterocycles. The van der Waals surface area contributed by atoms with Gasteiger partial charge in [-0.25, -0.2) is 4.79 Å². The minimum absolute atomic E-state index is 0.0116. The molecule has 0 unspecified atom stereocenters. The predicted molar refractivity (Wildman–Crippen MR) is 129 cm³/mol. The van der Waals surface area contributed by atoms with Gasteiger partial charge in [-0.3, -0.25) is 4.79 Å². The smallest absolute Gasteiger partial charge is 0.331 e. The van der Waals surface area contributed by atoms with E-state index in [2.05, 4.69) is 4.98 Å². The summed E-state index contributed by atoms with van der Waals surface area (Å²) in [4.78, 5) is 27.9. The number of benzene rings is 1. The summed E-state index contributed by atoms with van der Waals surface area (Å²) in [5.41, 5.74) is 2.09. The Morgan fingerprint density at radius 1 is 1.16 bits per heavy atom. The van der Waals surface area contributed by atoms with Crippen molar-refractivity contribution in [3.63, 3.8) is 0 Å². The summed E-state index contributed by atoms with van der Waals surface area (Å²) in [6.45, 7) is 1.05. The molecule has 1 aromatic heterocycles. The van der Waals surface area contributed by atoms with Crippen molar-refractivity contribution in [1.29, 1.82) is 0 Å². The molecule has 200 valence electrons. The summed E-state index contributed by atoms with van der Waals surface area (Å²) in [7, 11) is 0. The standard InChI is InChI=1S/C26H31NO10/c1-2-15-17(10-21(29)35-12-14-9-13-5-3-4-6-18(13)27-14)16(25(33)34)7-8-19(15)36-26-24(32)23(31)22(30)20(11-28)37-26/h2-7,9,17,19-20,22-24,26-28,30-32H,8,10-12H2,1H3,(H,33,34)/b15-2+/t17-,19+,20+,22+,23-,24+,26+/m0/s1. The van der Waals surface area contributed by atoms with Gasteiger partial charge in [-0.1, -0.05) is 30.4 Å². The van der Waals surface area contributed by atoms with E-state index in [0.717, 1.165) is 10.9 Å². The first-order valence-corrected chi connectivity index (χ1v) is 12.0. The number of aliphatic hydroxyl groups excluding tert-OH is 4. The number of fused-ring (bicyclic) bond motifs is 1. The second kappa shape index (κ2) is 11.5. The van der Waals surface area contributed by atoms with Gasteiger partial charge in [0.05, 0.1) is 24.8 Å². The van der Waals surface area contributed by atoms with Crippen molar-refractivity contribution in [2.45, 2.75) is 63.2 Å². The number of aliphatic hydroxyl groups is 4. The lowest BCUT2D eigenvalue weighted by Crippen LogP contribution is -2.59. The highest BCUT2D eigenvalue weighted by Crippen LogP contribution is 2.37. The first kappa shape index (κ1) is 27.0. The van der Waals surface area contributed by atoms with Gasteiger partial charge in [-0.15, -0.1) is 0 Å². The monoisotopic (exact) mass is 517 g/mol. The van der Waals surface area contributed by atoms with Crippen LogP contribution in [0, 0.1) is 5.92 Å². The van der Waals surface area contributed by atoms with E-state index in [9.17, 15) is 35.1 Å². The molecular weight excluding hydrogens is 486 g/mol. The minimum atomic E-state index is -1.62. The molecule has 37 heavy (non-hydrogen) atoms. The molecule has 11 heteroatoms. The van der Waals surface area contributed by atoms with E-state index in [4.69, 9.17) is 14.2 Å². The number of carboxylic acid groups (broad SMARTS) is 1. The van der Waals surface area contributed by atoms with Crippen LogP contribution in [0.2, 0.25) is 0 Å². The first-order chi connectivity index (χ1) is 17.7. The number of carboxylic acids is 1. The lowest BCUT2D eigenvalue weighted by atomic mass is 9.79. The SMILES string of the molecule is C/C=C1\[C@H](CC(=O)OCc2cc3ccccc3[nH]2)C(C(=O)O)=CC[C@H]1O[C@@H]1O[C@H](CO)[C@@H](O)[C@H](O)[C@H]1O. The number of aromatic nitrogens is 1. The molecule has 11 nitrogen and oxygen atoms in total. The molecule has 0 amide bonds. The molecule has 2 heterocycles. The average Bonchev–Trinajstić information content (AvgIpc) is 3.31. The van der Waals surface area contributed by atoms with Crippen LogP contribution in [0.1, 0.15) is 25.5 Å². The molecule has 1 saturated heterocycles. The normalized spacial score (nSPS) is 31.3. The first-order valence-electron chi connectivity index (χ1n) is 12.0. The highest BCUT2D eigenvalue weighted by Gasteiger charge is 2.46. The molecular formula is C26H31NO10. The Kier molecular flexibility index (Phi) is 8.42. The number of hydrogen-bond donors (Lipinski definition) is 6. The van der Waals surface area contributed by atoms with Crippen molar-refractivity contribution in [2.24, 2.45) is 5.92 Å². The average molecular weight is 518 g/mol. The number of carbonyl (C=O) groups is 2. The maximum absolute atomic E-state index is 12.8. The summed E-state index contributed by atoms with van der Waals surface area (Å²) in [6, 6.07) is 9.49. The van der Waals surface area contributed by atoms with Gasteiger partial charge in [-0.05, 0) is 36.4 Å². The van der Waals surface area contributed by atoms with Crippen LogP contribution < -0.4 is 0 Å². The fourth-order valence-corrected chi connectivity index (χ4v) is 4.84. The fraction of sp³-hybridized carbons (Fsp3) is 0.462. The van der Waals surface area contributed by atoms with Gasteiger partial charge in [0.25, 0.3) is 0 Å². The number of hydrogen-bond acceptors (Lipinski definition) is 9. The Bertz CT molecular complexity index is 1150. The van der Waals surface area contributed by atoms with E-state index in [-0.39, 0.29) is 25.0 Å². The lowest BCUT2D eigenvalue weighted by molar-refractivity contribution is -0.308. The molecule has 4 rings (SSSR count). The molecule has 0 radical (unpaired) electrons. The zero-order chi connectivity index (χ0) is 26.7. The lowest BCUT2D eigenvalue weighted by Gasteiger charge is -2.42. The van der Waals surface area contributed by atoms with E-state index in [1.54, 1.807) is 13.0 Å². The summed E-state index contributed by atoms with van der Waals surface area (Å²) in [5.74, 6) is -2.65. The summed E-state index contributed by atoms with van der Waals surface area (Å²) >= 11 is 0. The van der Waals surface area contributed by atoms with Crippen LogP contribution >= 0.6 is 0 Å². The Labute approximate surface area is 212 Å². The molecule has 2 aliphatic rings. The van der Waals surface area contributed by atoms with Crippen LogP contribution in [0.25, 0.3) is 10.9 Å². The molecule has 1 fully saturated rings. The molecule has 0 spiro atoms. The molecule has 1 aromatic carbocycles. The van der Waals surface area contributed by atoms with Gasteiger partial charge in [0.2, 0.25) is 0 Å². The maximum atomic E-state index is 12.8. The second-order valence-electron chi connectivity index (χ2n) is 9.11. The topological polar surface area (TPSA) is 179 Å².